The molecule has 0 bridgehead atoms. The summed E-state index contributed by atoms with van der Waals surface area (Å²) >= 11 is 5.96. The number of benzene rings is 2. The zero-order valence-corrected chi connectivity index (χ0v) is 12.3. The fourth-order valence-electron chi connectivity index (χ4n) is 1.91. The Kier molecular flexibility index (Phi) is 4.95. The molecule has 0 aromatic heterocycles. The van der Waals surface area contributed by atoms with E-state index in [2.05, 4.69) is 5.32 Å². The average molecular weight is 303 g/mol. The second-order valence-electron chi connectivity index (χ2n) is 4.32. The monoisotopic (exact) mass is 302 g/mol. The van der Waals surface area contributed by atoms with Crippen LogP contribution in [0.4, 0.5) is 11.4 Å². The van der Waals surface area contributed by atoms with Crippen molar-refractivity contribution < 1.29 is 9.59 Å². The number of amides is 2. The maximum Gasteiger partial charge on any atom is 0.316 e. The van der Waals surface area contributed by atoms with Gasteiger partial charge in [0.05, 0.1) is 10.7 Å². The number of halogens is 1. The van der Waals surface area contributed by atoms with Crippen molar-refractivity contribution in [2.45, 2.75) is 6.92 Å². The molecule has 4 nitrogen and oxygen atoms in total. The molecule has 0 saturated heterocycles. The first-order valence-electron chi connectivity index (χ1n) is 6.56. The first-order valence-corrected chi connectivity index (χ1v) is 6.93. The van der Waals surface area contributed by atoms with Crippen molar-refractivity contribution in [1.29, 1.82) is 0 Å². The summed E-state index contributed by atoms with van der Waals surface area (Å²) in [5, 5.41) is 2.92. The highest BCUT2D eigenvalue weighted by Crippen LogP contribution is 2.21. The minimum atomic E-state index is -0.714. The molecule has 0 atom stereocenters. The highest BCUT2D eigenvalue weighted by molar-refractivity contribution is 6.45. The third-order valence-electron chi connectivity index (χ3n) is 2.95. The van der Waals surface area contributed by atoms with Crippen molar-refractivity contribution in [3.63, 3.8) is 0 Å². The molecule has 0 aliphatic rings. The van der Waals surface area contributed by atoms with Gasteiger partial charge in [0.25, 0.3) is 0 Å². The largest absolute Gasteiger partial charge is 0.316 e. The minimum Gasteiger partial charge on any atom is -0.316 e. The smallest absolute Gasteiger partial charge is 0.316 e. The molecule has 0 radical (unpaired) electrons. The van der Waals surface area contributed by atoms with E-state index in [1.807, 2.05) is 25.1 Å². The van der Waals surface area contributed by atoms with E-state index in [9.17, 15) is 9.59 Å². The highest BCUT2D eigenvalue weighted by Gasteiger charge is 2.22. The van der Waals surface area contributed by atoms with Crippen LogP contribution in [0.3, 0.4) is 0 Å². The molecule has 0 unspecified atom stereocenters. The van der Waals surface area contributed by atoms with Crippen molar-refractivity contribution in [2.24, 2.45) is 0 Å². The molecule has 0 aliphatic heterocycles. The van der Waals surface area contributed by atoms with E-state index >= 15 is 0 Å². The summed E-state index contributed by atoms with van der Waals surface area (Å²) < 4.78 is 0. The molecule has 1 N–H and O–H groups in total. The number of hydrogen-bond acceptors (Lipinski definition) is 2. The van der Waals surface area contributed by atoms with Gasteiger partial charge in [0.15, 0.2) is 0 Å². The third-order valence-corrected chi connectivity index (χ3v) is 3.28. The molecule has 0 spiro atoms. The summed E-state index contributed by atoms with van der Waals surface area (Å²) in [7, 11) is 0. The highest BCUT2D eigenvalue weighted by atomic mass is 35.5. The average Bonchev–Trinajstić information content (AvgIpc) is 2.51. The first-order chi connectivity index (χ1) is 10.1. The molecule has 2 aromatic carbocycles. The van der Waals surface area contributed by atoms with E-state index < -0.39 is 11.8 Å². The Labute approximate surface area is 128 Å². The van der Waals surface area contributed by atoms with E-state index in [0.717, 1.165) is 0 Å². The zero-order chi connectivity index (χ0) is 15.2. The minimum absolute atomic E-state index is 0.390. The summed E-state index contributed by atoms with van der Waals surface area (Å²) in [5.74, 6) is -1.34. The molecular formula is C16H15ClN2O2. The Hall–Kier alpha value is -2.33. The van der Waals surface area contributed by atoms with Gasteiger partial charge in [0.2, 0.25) is 0 Å². The van der Waals surface area contributed by atoms with E-state index in [1.165, 1.54) is 4.90 Å². The molecule has 5 heteroatoms. The van der Waals surface area contributed by atoms with Gasteiger partial charge >= 0.3 is 11.8 Å². The van der Waals surface area contributed by atoms with E-state index in [4.69, 9.17) is 11.6 Å². The van der Waals surface area contributed by atoms with Crippen LogP contribution in [-0.4, -0.2) is 18.4 Å². The van der Waals surface area contributed by atoms with Crippen LogP contribution in [0.25, 0.3) is 0 Å². The number of likely N-dealkylation sites (N-methyl/N-ethyl adjacent to an activating group) is 1. The molecular weight excluding hydrogens is 288 g/mol. The van der Waals surface area contributed by atoms with Crippen molar-refractivity contribution in [3.8, 4) is 0 Å². The lowest BCUT2D eigenvalue weighted by Crippen LogP contribution is -2.39. The van der Waals surface area contributed by atoms with Gasteiger partial charge in [-0.05, 0) is 31.2 Å². The molecule has 2 rings (SSSR count). The maximum atomic E-state index is 12.3. The Balaban J connectivity index is 2.15. The van der Waals surface area contributed by atoms with E-state index in [-0.39, 0.29) is 0 Å². The predicted molar refractivity (Wildman–Crippen MR) is 84.6 cm³/mol. The van der Waals surface area contributed by atoms with Gasteiger partial charge in [0, 0.05) is 12.2 Å². The topological polar surface area (TPSA) is 49.4 Å². The normalized spacial score (nSPS) is 10.0. The summed E-state index contributed by atoms with van der Waals surface area (Å²) in [4.78, 5) is 25.7. The lowest BCUT2D eigenvalue weighted by atomic mass is 10.2. The number of hydrogen-bond donors (Lipinski definition) is 1. The van der Waals surface area contributed by atoms with E-state index in [0.29, 0.717) is 22.9 Å². The lowest BCUT2D eigenvalue weighted by molar-refractivity contribution is -0.134. The van der Waals surface area contributed by atoms with Gasteiger partial charge in [-0.1, -0.05) is 41.9 Å². The van der Waals surface area contributed by atoms with Gasteiger partial charge in [-0.3, -0.25) is 9.59 Å². The van der Waals surface area contributed by atoms with Crippen LogP contribution in [0.5, 0.6) is 0 Å². The predicted octanol–water partition coefficient (Wildman–Crippen LogP) is 3.33. The number of para-hydroxylation sites is 2. The maximum absolute atomic E-state index is 12.3. The van der Waals surface area contributed by atoms with Crippen molar-refractivity contribution in [2.75, 3.05) is 16.8 Å². The fourth-order valence-corrected chi connectivity index (χ4v) is 2.10. The van der Waals surface area contributed by atoms with Crippen molar-refractivity contribution in [3.05, 3.63) is 59.6 Å². The van der Waals surface area contributed by atoms with Crippen LogP contribution < -0.4 is 10.2 Å². The van der Waals surface area contributed by atoms with Crippen molar-refractivity contribution in [1.82, 2.24) is 0 Å². The molecule has 0 heterocycles. The second kappa shape index (κ2) is 6.90. The Morgan fingerprint density at radius 3 is 2.29 bits per heavy atom. The van der Waals surface area contributed by atoms with Crippen molar-refractivity contribution >= 4 is 34.8 Å². The van der Waals surface area contributed by atoms with Crippen LogP contribution in [0.2, 0.25) is 5.02 Å². The Morgan fingerprint density at radius 1 is 1.05 bits per heavy atom. The lowest BCUT2D eigenvalue weighted by Gasteiger charge is -2.20. The van der Waals surface area contributed by atoms with Gasteiger partial charge < -0.3 is 10.2 Å². The van der Waals surface area contributed by atoms with Crippen LogP contribution in [-0.2, 0) is 9.59 Å². The van der Waals surface area contributed by atoms with E-state index in [1.54, 1.807) is 36.4 Å². The first kappa shape index (κ1) is 15.1. The summed E-state index contributed by atoms with van der Waals surface area (Å²) in [5.41, 5.74) is 1.10. The summed E-state index contributed by atoms with van der Waals surface area (Å²) in [6, 6.07) is 15.8. The van der Waals surface area contributed by atoms with Gasteiger partial charge in [-0.15, -0.1) is 0 Å². The second-order valence-corrected chi connectivity index (χ2v) is 4.73. The van der Waals surface area contributed by atoms with Gasteiger partial charge in [0.1, 0.15) is 0 Å². The third kappa shape index (κ3) is 3.61. The molecule has 108 valence electrons. The zero-order valence-electron chi connectivity index (χ0n) is 11.5. The SMILES string of the molecule is CCN(C(=O)C(=O)Nc1ccccc1Cl)c1ccccc1. The van der Waals surface area contributed by atoms with Crippen LogP contribution in [0.15, 0.2) is 54.6 Å². The van der Waals surface area contributed by atoms with Gasteiger partial charge in [-0.25, -0.2) is 0 Å². The van der Waals surface area contributed by atoms with Crippen LogP contribution >= 0.6 is 11.6 Å². The fraction of sp³-hybridized carbons (Fsp3) is 0.125. The molecule has 0 fully saturated rings. The number of nitrogens with one attached hydrogen (secondary N) is 1. The number of rotatable bonds is 3. The molecule has 21 heavy (non-hydrogen) atoms. The standard InChI is InChI=1S/C16H15ClN2O2/c1-2-19(12-8-4-3-5-9-12)16(21)15(20)18-14-11-7-6-10-13(14)17/h3-11H,2H2,1H3,(H,18,20). The summed E-state index contributed by atoms with van der Waals surface area (Å²) in [6.45, 7) is 2.21. The Morgan fingerprint density at radius 2 is 1.67 bits per heavy atom. The quantitative estimate of drug-likeness (QED) is 0.884. The summed E-state index contributed by atoms with van der Waals surface area (Å²) in [6.07, 6.45) is 0. The molecule has 0 aliphatic carbocycles. The molecule has 2 amide bonds. The van der Waals surface area contributed by atoms with Crippen LogP contribution in [0.1, 0.15) is 6.92 Å². The number of carbonyl (C=O) groups excluding carboxylic acids is 2. The number of nitrogens with zero attached hydrogens (tertiary/aromatic N) is 1. The van der Waals surface area contributed by atoms with Crippen LogP contribution in [0, 0.1) is 0 Å². The number of anilines is 2. The molecule has 2 aromatic rings. The Bertz CT molecular complexity index is 644. The molecule has 0 saturated carbocycles. The number of carbonyl (C=O) groups is 2. The van der Waals surface area contributed by atoms with Gasteiger partial charge in [-0.2, -0.15) is 0 Å².